The van der Waals surface area contributed by atoms with Gasteiger partial charge in [-0.1, -0.05) is 48.5 Å². The van der Waals surface area contributed by atoms with Crippen LogP contribution in [0.15, 0.2) is 77.1 Å². The zero-order chi connectivity index (χ0) is 29.3. The van der Waals surface area contributed by atoms with Crippen molar-refractivity contribution in [3.8, 4) is 0 Å². The second kappa shape index (κ2) is 11.5. The summed E-state index contributed by atoms with van der Waals surface area (Å²) in [6.07, 6.45) is 4.94. The van der Waals surface area contributed by atoms with Gasteiger partial charge in [-0.05, 0) is 54.7 Å². The summed E-state index contributed by atoms with van der Waals surface area (Å²) in [6.45, 7) is 3.86. The van der Waals surface area contributed by atoms with Crippen molar-refractivity contribution in [2.75, 3.05) is 32.8 Å². The van der Waals surface area contributed by atoms with Crippen molar-refractivity contribution in [3.63, 3.8) is 0 Å². The molecule has 0 unspecified atom stereocenters. The third kappa shape index (κ3) is 4.97. The predicted octanol–water partition coefficient (Wildman–Crippen LogP) is 4.38. The quantitative estimate of drug-likeness (QED) is 0.392. The van der Waals surface area contributed by atoms with E-state index in [-0.39, 0.29) is 48.9 Å². The van der Waals surface area contributed by atoms with Crippen LogP contribution < -0.4 is 0 Å². The number of piperidine rings is 1. The molecule has 3 aliphatic rings. The van der Waals surface area contributed by atoms with E-state index >= 15 is 0 Å². The van der Waals surface area contributed by atoms with E-state index in [1.165, 1.54) is 6.26 Å². The number of piperazine rings is 1. The molecule has 6 rings (SSSR count). The van der Waals surface area contributed by atoms with Gasteiger partial charge in [0, 0.05) is 44.2 Å². The van der Waals surface area contributed by atoms with Gasteiger partial charge >= 0.3 is 5.97 Å². The number of esters is 1. The number of allylic oxidation sites excluding steroid dienone is 1. The summed E-state index contributed by atoms with van der Waals surface area (Å²) in [6, 6.07) is 17.4. The first-order valence-corrected chi connectivity index (χ1v) is 14.7. The summed E-state index contributed by atoms with van der Waals surface area (Å²) >= 11 is 0. The number of benzene rings is 2. The lowest BCUT2D eigenvalue weighted by molar-refractivity contribution is -0.161. The summed E-state index contributed by atoms with van der Waals surface area (Å²) in [5.41, 5.74) is 0.733. The van der Waals surface area contributed by atoms with E-state index in [1.54, 1.807) is 33.8 Å². The van der Waals surface area contributed by atoms with Gasteiger partial charge in [-0.25, -0.2) is 0 Å². The maximum Gasteiger partial charge on any atom is 0.318 e. The summed E-state index contributed by atoms with van der Waals surface area (Å²) in [5, 5.41) is 2.13. The molecule has 3 heterocycles. The number of likely N-dealkylation sites (tertiary alicyclic amines) is 1. The topological polar surface area (TPSA) is 100 Å². The van der Waals surface area contributed by atoms with Crippen molar-refractivity contribution in [1.82, 2.24) is 14.7 Å². The minimum Gasteiger partial charge on any atom is -0.465 e. The van der Waals surface area contributed by atoms with Crippen LogP contribution in [0.2, 0.25) is 0 Å². The second-order valence-electron chi connectivity index (χ2n) is 11.2. The SMILES string of the molecule is CCOC(=O)[C@]12CCC=C1N(Cc1cccc3ccccc13)C(=O)[C@H](CC(=O)N1CCN(C(=O)c3ccco3)CC1)C2. The molecular formula is C33H35N3O6. The normalized spacial score (nSPS) is 22.2. The fraction of sp³-hybridized carbons (Fsp3) is 0.394. The lowest BCUT2D eigenvalue weighted by Crippen LogP contribution is -2.54. The Morgan fingerprint density at radius 1 is 0.976 bits per heavy atom. The highest BCUT2D eigenvalue weighted by molar-refractivity contribution is 5.94. The smallest absolute Gasteiger partial charge is 0.318 e. The Bertz CT molecular complexity index is 1530. The number of amides is 3. The Labute approximate surface area is 244 Å². The average Bonchev–Trinajstić information content (AvgIpc) is 3.71. The molecule has 2 fully saturated rings. The molecule has 9 nitrogen and oxygen atoms in total. The molecule has 0 spiro atoms. The highest BCUT2D eigenvalue weighted by Crippen LogP contribution is 2.51. The predicted molar refractivity (Wildman–Crippen MR) is 155 cm³/mol. The average molecular weight is 570 g/mol. The van der Waals surface area contributed by atoms with Crippen LogP contribution in [0.3, 0.4) is 0 Å². The molecule has 218 valence electrons. The van der Waals surface area contributed by atoms with Crippen molar-refractivity contribution in [2.45, 2.75) is 39.2 Å². The lowest BCUT2D eigenvalue weighted by atomic mass is 9.71. The van der Waals surface area contributed by atoms with Gasteiger partial charge in [-0.2, -0.15) is 0 Å². The van der Waals surface area contributed by atoms with Gasteiger partial charge in [-0.15, -0.1) is 0 Å². The Morgan fingerprint density at radius 3 is 2.50 bits per heavy atom. The lowest BCUT2D eigenvalue weighted by Gasteiger charge is -2.44. The van der Waals surface area contributed by atoms with Gasteiger partial charge in [0.15, 0.2) is 5.76 Å². The molecule has 42 heavy (non-hydrogen) atoms. The first-order chi connectivity index (χ1) is 20.4. The third-order valence-electron chi connectivity index (χ3n) is 8.85. The molecule has 3 amide bonds. The maximum absolute atomic E-state index is 14.1. The molecule has 0 radical (unpaired) electrons. The van der Waals surface area contributed by atoms with Gasteiger partial charge in [0.25, 0.3) is 5.91 Å². The molecule has 2 aliphatic heterocycles. The van der Waals surface area contributed by atoms with Crippen LogP contribution in [0.5, 0.6) is 0 Å². The second-order valence-corrected chi connectivity index (χ2v) is 11.2. The van der Waals surface area contributed by atoms with E-state index in [1.807, 2.05) is 48.5 Å². The van der Waals surface area contributed by atoms with Crippen molar-refractivity contribution in [2.24, 2.45) is 11.3 Å². The molecular weight excluding hydrogens is 534 g/mol. The van der Waals surface area contributed by atoms with Gasteiger partial charge in [0.1, 0.15) is 5.41 Å². The third-order valence-corrected chi connectivity index (χ3v) is 8.85. The highest BCUT2D eigenvalue weighted by atomic mass is 16.5. The van der Waals surface area contributed by atoms with Gasteiger partial charge in [0.2, 0.25) is 11.8 Å². The molecule has 3 aromatic rings. The van der Waals surface area contributed by atoms with Crippen LogP contribution in [0.4, 0.5) is 0 Å². The number of carbonyl (C=O) groups excluding carboxylic acids is 4. The Morgan fingerprint density at radius 2 is 1.74 bits per heavy atom. The molecule has 2 saturated heterocycles. The molecule has 0 N–H and O–H groups in total. The maximum atomic E-state index is 14.1. The minimum absolute atomic E-state index is 0.00539. The van der Waals surface area contributed by atoms with E-state index in [0.29, 0.717) is 51.3 Å². The van der Waals surface area contributed by atoms with Gasteiger partial charge < -0.3 is 23.9 Å². The van der Waals surface area contributed by atoms with Crippen LogP contribution in [-0.4, -0.2) is 71.2 Å². The Balaban J connectivity index is 1.23. The van der Waals surface area contributed by atoms with Gasteiger partial charge in [-0.3, -0.25) is 19.2 Å². The minimum atomic E-state index is -0.951. The fourth-order valence-electron chi connectivity index (χ4n) is 6.74. The molecule has 2 aromatic carbocycles. The number of carbonyl (C=O) groups is 4. The van der Waals surface area contributed by atoms with Crippen molar-refractivity contribution in [1.29, 1.82) is 0 Å². The van der Waals surface area contributed by atoms with Crippen molar-refractivity contribution >= 4 is 34.5 Å². The number of furan rings is 1. The fourth-order valence-corrected chi connectivity index (χ4v) is 6.74. The van der Waals surface area contributed by atoms with Crippen molar-refractivity contribution in [3.05, 3.63) is 84.0 Å². The number of rotatable bonds is 7. The first kappa shape index (κ1) is 27.8. The van der Waals surface area contributed by atoms with E-state index in [2.05, 4.69) is 0 Å². The summed E-state index contributed by atoms with van der Waals surface area (Å²) in [5.74, 6) is -1.19. The summed E-state index contributed by atoms with van der Waals surface area (Å²) in [4.78, 5) is 58.9. The van der Waals surface area contributed by atoms with E-state index < -0.39 is 11.3 Å². The number of nitrogens with zero attached hydrogens (tertiary/aromatic N) is 3. The standard InChI is InChI=1S/C33H35N3O6/c1-2-41-32(40)33-14-6-13-28(33)36(22-24-10-5-9-23-8-3-4-11-26(23)24)30(38)25(21-33)20-29(37)34-15-17-35(18-16-34)31(39)27-12-7-19-42-27/h3-5,7-13,19,25H,2,6,14-18,20-22H2,1H3/t25-,33+/m1/s1. The zero-order valence-corrected chi connectivity index (χ0v) is 23.8. The Hall–Kier alpha value is -4.40. The van der Waals surface area contributed by atoms with Crippen LogP contribution >= 0.6 is 0 Å². The summed E-state index contributed by atoms with van der Waals surface area (Å²) in [7, 11) is 0. The van der Waals surface area contributed by atoms with Crippen molar-refractivity contribution < 1.29 is 28.3 Å². The van der Waals surface area contributed by atoms with Crippen LogP contribution in [0, 0.1) is 11.3 Å². The molecule has 0 bridgehead atoms. The molecule has 9 heteroatoms. The van der Waals surface area contributed by atoms with Crippen LogP contribution in [-0.2, 0) is 25.7 Å². The van der Waals surface area contributed by atoms with Crippen LogP contribution in [0.1, 0.15) is 48.7 Å². The highest BCUT2D eigenvalue weighted by Gasteiger charge is 2.55. The Kier molecular flexibility index (Phi) is 7.58. The van der Waals surface area contributed by atoms with Crippen LogP contribution in [0.25, 0.3) is 10.8 Å². The number of hydrogen-bond acceptors (Lipinski definition) is 6. The summed E-state index contributed by atoms with van der Waals surface area (Å²) < 4.78 is 10.8. The first-order valence-electron chi connectivity index (χ1n) is 14.7. The number of hydrogen-bond donors (Lipinski definition) is 0. The molecule has 2 atom stereocenters. The zero-order valence-electron chi connectivity index (χ0n) is 23.8. The number of fused-ring (bicyclic) bond motifs is 2. The molecule has 1 aromatic heterocycles. The van der Waals surface area contributed by atoms with E-state index in [9.17, 15) is 19.2 Å². The van der Waals surface area contributed by atoms with E-state index in [4.69, 9.17) is 9.15 Å². The number of ether oxygens (including phenoxy) is 1. The molecule has 1 aliphatic carbocycles. The van der Waals surface area contributed by atoms with Gasteiger partial charge in [0.05, 0.1) is 19.4 Å². The monoisotopic (exact) mass is 569 g/mol. The van der Waals surface area contributed by atoms with E-state index in [0.717, 1.165) is 16.3 Å². The largest absolute Gasteiger partial charge is 0.465 e. The molecule has 0 saturated carbocycles.